The average Bonchev–Trinajstić information content (AvgIpc) is 2.54. The van der Waals surface area contributed by atoms with Crippen molar-refractivity contribution in [3.63, 3.8) is 0 Å². The van der Waals surface area contributed by atoms with Gasteiger partial charge >= 0.3 is 11.8 Å². The first-order valence-electron chi connectivity index (χ1n) is 7.48. The third-order valence-corrected chi connectivity index (χ3v) is 3.71. The summed E-state index contributed by atoms with van der Waals surface area (Å²) in [6.07, 6.45) is 2.89. The van der Waals surface area contributed by atoms with Crippen molar-refractivity contribution in [3.8, 4) is 0 Å². The highest BCUT2D eigenvalue weighted by atomic mass is 16.2. The lowest BCUT2D eigenvalue weighted by atomic mass is 10.1. The van der Waals surface area contributed by atoms with Gasteiger partial charge in [-0.15, -0.1) is 0 Å². The molecule has 6 nitrogen and oxygen atoms in total. The highest BCUT2D eigenvalue weighted by Crippen LogP contribution is 2.10. The molecule has 6 heteroatoms. The van der Waals surface area contributed by atoms with Crippen molar-refractivity contribution in [2.75, 3.05) is 20.1 Å². The second-order valence-corrected chi connectivity index (χ2v) is 5.58. The number of amides is 2. The number of hydrogen-bond acceptors (Lipinski definition) is 3. The molecular formula is C16H23N4O2+. The summed E-state index contributed by atoms with van der Waals surface area (Å²) in [6, 6.07) is 9.30. The number of quaternary nitrogens is 1. The Balaban J connectivity index is 1.79. The van der Waals surface area contributed by atoms with Crippen molar-refractivity contribution < 1.29 is 14.5 Å². The summed E-state index contributed by atoms with van der Waals surface area (Å²) in [5.41, 5.74) is 7.17. The average molecular weight is 303 g/mol. The third kappa shape index (κ3) is 4.60. The normalized spacial score (nSPS) is 18.8. The fourth-order valence-corrected chi connectivity index (χ4v) is 2.24. The Morgan fingerprint density at radius 3 is 2.55 bits per heavy atom. The quantitative estimate of drug-likeness (QED) is 0.438. The van der Waals surface area contributed by atoms with Gasteiger partial charge in [0.1, 0.15) is 0 Å². The molecule has 0 saturated heterocycles. The molecule has 22 heavy (non-hydrogen) atoms. The number of carbonyl (C=O) groups excluding carboxylic acids is 2. The Morgan fingerprint density at radius 1 is 1.18 bits per heavy atom. The summed E-state index contributed by atoms with van der Waals surface area (Å²) < 4.78 is 0. The number of benzene rings is 1. The van der Waals surface area contributed by atoms with Crippen LogP contribution in [0.25, 0.3) is 0 Å². The van der Waals surface area contributed by atoms with Crippen molar-refractivity contribution in [2.45, 2.75) is 19.4 Å². The van der Waals surface area contributed by atoms with E-state index in [0.29, 0.717) is 0 Å². The van der Waals surface area contributed by atoms with Gasteiger partial charge in [0.05, 0.1) is 26.2 Å². The molecule has 2 amide bonds. The van der Waals surface area contributed by atoms with E-state index in [4.69, 9.17) is 0 Å². The van der Waals surface area contributed by atoms with Crippen molar-refractivity contribution in [1.82, 2.24) is 16.2 Å². The zero-order chi connectivity index (χ0) is 15.9. The van der Waals surface area contributed by atoms with E-state index in [1.54, 1.807) is 0 Å². The van der Waals surface area contributed by atoms with Gasteiger partial charge in [-0.2, -0.15) is 0 Å². The van der Waals surface area contributed by atoms with Gasteiger partial charge in [-0.3, -0.25) is 15.0 Å². The van der Waals surface area contributed by atoms with Crippen molar-refractivity contribution >= 4 is 11.8 Å². The van der Waals surface area contributed by atoms with E-state index in [-0.39, 0.29) is 6.04 Å². The van der Waals surface area contributed by atoms with Gasteiger partial charge in [0.25, 0.3) is 0 Å². The summed E-state index contributed by atoms with van der Waals surface area (Å²) in [5, 5.41) is 2.68. The molecule has 2 atom stereocenters. The molecule has 118 valence electrons. The third-order valence-electron chi connectivity index (χ3n) is 3.71. The molecule has 2 rings (SSSR count). The molecule has 1 aromatic carbocycles. The molecule has 0 aromatic heterocycles. The van der Waals surface area contributed by atoms with Crippen LogP contribution in [-0.2, 0) is 9.59 Å². The minimum atomic E-state index is -0.685. The van der Waals surface area contributed by atoms with Crippen LogP contribution in [0, 0.1) is 0 Å². The van der Waals surface area contributed by atoms with Gasteiger partial charge in [-0.25, -0.2) is 0 Å². The maximum Gasteiger partial charge on any atom is 0.327 e. The van der Waals surface area contributed by atoms with Crippen molar-refractivity contribution in [1.29, 1.82) is 0 Å². The van der Waals surface area contributed by atoms with E-state index < -0.39 is 11.8 Å². The minimum absolute atomic E-state index is 0.217. The van der Waals surface area contributed by atoms with E-state index >= 15 is 0 Å². The predicted octanol–water partition coefficient (Wildman–Crippen LogP) is -0.713. The molecule has 1 heterocycles. The Kier molecular flexibility index (Phi) is 5.55. The molecule has 1 aliphatic heterocycles. The molecule has 1 aliphatic rings. The molecular weight excluding hydrogens is 280 g/mol. The van der Waals surface area contributed by atoms with Crippen LogP contribution < -0.4 is 21.1 Å². The van der Waals surface area contributed by atoms with Crippen LogP contribution in [0.4, 0.5) is 0 Å². The number of hydrogen-bond donors (Lipinski definition) is 4. The molecule has 0 spiro atoms. The smallest absolute Gasteiger partial charge is 0.327 e. The van der Waals surface area contributed by atoms with Crippen LogP contribution >= 0.6 is 0 Å². The first kappa shape index (κ1) is 16.0. The van der Waals surface area contributed by atoms with Gasteiger partial charge in [0.15, 0.2) is 0 Å². The van der Waals surface area contributed by atoms with E-state index in [9.17, 15) is 9.59 Å². The number of carbonyl (C=O) groups is 2. The lowest BCUT2D eigenvalue weighted by Gasteiger charge is -2.20. The summed E-state index contributed by atoms with van der Waals surface area (Å²) in [5.74, 6) is -1.34. The zero-order valence-electron chi connectivity index (χ0n) is 13.0. The van der Waals surface area contributed by atoms with Gasteiger partial charge in [-0.05, 0) is 18.6 Å². The van der Waals surface area contributed by atoms with Crippen LogP contribution in [0.1, 0.15) is 24.9 Å². The van der Waals surface area contributed by atoms with Crippen molar-refractivity contribution in [3.05, 3.63) is 47.7 Å². The number of rotatable bonds is 4. The van der Waals surface area contributed by atoms with E-state index in [2.05, 4.69) is 23.2 Å². The maximum absolute atomic E-state index is 11.9. The highest BCUT2D eigenvalue weighted by molar-refractivity contribution is 6.35. The molecule has 1 unspecified atom stereocenters. The van der Waals surface area contributed by atoms with Crippen LogP contribution in [0.15, 0.2) is 42.1 Å². The summed E-state index contributed by atoms with van der Waals surface area (Å²) in [6.45, 7) is 3.76. The lowest BCUT2D eigenvalue weighted by molar-refractivity contribution is -0.875. The van der Waals surface area contributed by atoms with Gasteiger partial charge in [-0.1, -0.05) is 30.3 Å². The minimum Gasteiger partial charge on any atom is -0.341 e. The molecule has 0 aliphatic carbocycles. The predicted molar refractivity (Wildman–Crippen MR) is 83.6 cm³/mol. The van der Waals surface area contributed by atoms with Crippen LogP contribution in [0.2, 0.25) is 0 Å². The first-order chi connectivity index (χ1) is 10.6. The van der Waals surface area contributed by atoms with Crippen molar-refractivity contribution in [2.24, 2.45) is 0 Å². The summed E-state index contributed by atoms with van der Waals surface area (Å²) in [4.78, 5) is 25.1. The molecule has 4 N–H and O–H groups in total. The monoisotopic (exact) mass is 303 g/mol. The second kappa shape index (κ2) is 7.61. The molecule has 0 bridgehead atoms. The first-order valence-corrected chi connectivity index (χ1v) is 7.48. The molecule has 0 saturated carbocycles. The highest BCUT2D eigenvalue weighted by Gasteiger charge is 2.18. The molecule has 1 aromatic rings. The Labute approximate surface area is 130 Å². The second-order valence-electron chi connectivity index (χ2n) is 5.58. The van der Waals surface area contributed by atoms with Crippen LogP contribution in [-0.4, -0.2) is 32.0 Å². The largest absolute Gasteiger partial charge is 0.341 e. The maximum atomic E-state index is 11.9. The number of likely N-dealkylation sites (N-methyl/N-ethyl adjacent to an activating group) is 1. The SMILES string of the molecule is C[C@H](NC(=O)C(=O)NNC1=CC[NH+](C)CC1)c1ccccc1. The van der Waals surface area contributed by atoms with Crippen LogP contribution in [0.5, 0.6) is 0 Å². The fourth-order valence-electron chi connectivity index (χ4n) is 2.24. The van der Waals surface area contributed by atoms with Gasteiger partial charge in [0.2, 0.25) is 0 Å². The molecule has 0 fully saturated rings. The Bertz CT molecular complexity index is 557. The van der Waals surface area contributed by atoms with Gasteiger partial charge < -0.3 is 15.6 Å². The van der Waals surface area contributed by atoms with Gasteiger partial charge in [0, 0.05) is 12.1 Å². The fraction of sp³-hybridized carbons (Fsp3) is 0.375. The topological polar surface area (TPSA) is 74.7 Å². The lowest BCUT2D eigenvalue weighted by Crippen LogP contribution is -3.09. The van der Waals surface area contributed by atoms with Crippen LogP contribution in [0.3, 0.4) is 0 Å². The number of nitrogens with one attached hydrogen (secondary N) is 4. The van der Waals surface area contributed by atoms with E-state index in [1.165, 1.54) is 4.90 Å². The number of hydrazine groups is 1. The summed E-state index contributed by atoms with van der Waals surface area (Å²) >= 11 is 0. The Hall–Kier alpha value is -2.34. The van der Waals surface area contributed by atoms with E-state index in [1.807, 2.05) is 43.3 Å². The Morgan fingerprint density at radius 2 is 1.91 bits per heavy atom. The zero-order valence-corrected chi connectivity index (χ0v) is 13.0. The van der Waals surface area contributed by atoms with E-state index in [0.717, 1.165) is 30.8 Å². The summed E-state index contributed by atoms with van der Waals surface area (Å²) in [7, 11) is 2.12. The molecule has 0 radical (unpaired) electrons. The standard InChI is InChI=1S/C16H22N4O2/c1-12(13-6-4-3-5-7-13)17-15(21)16(22)19-18-14-8-10-20(2)11-9-14/h3-8,12,18H,9-11H2,1-2H3,(H,17,21)(H,19,22)/p+1/t12-/m0/s1.